The van der Waals surface area contributed by atoms with Gasteiger partial charge in [0.05, 0.1) is 5.56 Å². The average Bonchev–Trinajstić information content (AvgIpc) is 2.73. The lowest BCUT2D eigenvalue weighted by Gasteiger charge is -2.32. The molecule has 3 amide bonds. The lowest BCUT2D eigenvalue weighted by Crippen LogP contribution is -2.39. The fraction of sp³-hybridized carbons (Fsp3) is 0.318. The molecule has 29 heavy (non-hydrogen) atoms. The lowest BCUT2D eigenvalue weighted by atomic mass is 9.88. The smallest absolute Gasteiger partial charge is 0.335 e. The highest BCUT2D eigenvalue weighted by molar-refractivity contribution is 5.94. The molecule has 0 unspecified atom stereocenters. The van der Waals surface area contributed by atoms with Crippen LogP contribution in [0.3, 0.4) is 0 Å². The van der Waals surface area contributed by atoms with Crippen LogP contribution in [0.4, 0.5) is 4.79 Å². The van der Waals surface area contributed by atoms with Crippen LogP contribution in [0.25, 0.3) is 0 Å². The van der Waals surface area contributed by atoms with E-state index in [2.05, 4.69) is 5.32 Å². The molecule has 3 rings (SSSR count). The maximum Gasteiger partial charge on any atom is 0.335 e. The molecular formula is C22H25N3O4. The Morgan fingerprint density at radius 2 is 1.69 bits per heavy atom. The first-order chi connectivity index (χ1) is 13.9. The van der Waals surface area contributed by atoms with E-state index < -0.39 is 12.0 Å². The first-order valence-corrected chi connectivity index (χ1v) is 9.66. The number of carboxylic acid groups (broad SMARTS) is 1. The van der Waals surface area contributed by atoms with Crippen molar-refractivity contribution in [3.05, 3.63) is 70.8 Å². The van der Waals surface area contributed by atoms with Gasteiger partial charge in [-0.1, -0.05) is 30.3 Å². The predicted octanol–water partition coefficient (Wildman–Crippen LogP) is 2.65. The van der Waals surface area contributed by atoms with E-state index >= 15 is 0 Å². The molecule has 1 heterocycles. The summed E-state index contributed by atoms with van der Waals surface area (Å²) >= 11 is 0. The van der Waals surface area contributed by atoms with E-state index in [1.54, 1.807) is 36.4 Å². The van der Waals surface area contributed by atoms with E-state index in [-0.39, 0.29) is 5.91 Å². The van der Waals surface area contributed by atoms with Crippen molar-refractivity contribution in [3.8, 4) is 0 Å². The Kier molecular flexibility index (Phi) is 6.49. The van der Waals surface area contributed by atoms with Crippen molar-refractivity contribution in [3.63, 3.8) is 0 Å². The number of piperidine rings is 1. The summed E-state index contributed by atoms with van der Waals surface area (Å²) in [5.41, 5.74) is 7.75. The molecule has 152 valence electrons. The Bertz CT molecular complexity index is 887. The molecule has 1 fully saturated rings. The summed E-state index contributed by atoms with van der Waals surface area (Å²) in [6.45, 7) is 1.64. The average molecular weight is 395 g/mol. The topological polar surface area (TPSA) is 113 Å². The molecule has 2 aromatic carbocycles. The van der Waals surface area contributed by atoms with E-state index in [4.69, 9.17) is 5.73 Å². The van der Waals surface area contributed by atoms with Gasteiger partial charge in [-0.15, -0.1) is 0 Å². The number of nitrogens with zero attached hydrogens (tertiary/aromatic N) is 1. The molecular weight excluding hydrogens is 370 g/mol. The Labute approximate surface area is 169 Å². The van der Waals surface area contributed by atoms with Gasteiger partial charge < -0.3 is 21.1 Å². The zero-order valence-corrected chi connectivity index (χ0v) is 16.1. The number of rotatable bonds is 6. The quantitative estimate of drug-likeness (QED) is 0.698. The molecule has 0 atom stereocenters. The van der Waals surface area contributed by atoms with Crippen molar-refractivity contribution in [1.29, 1.82) is 0 Å². The fourth-order valence-electron chi connectivity index (χ4n) is 3.70. The summed E-state index contributed by atoms with van der Waals surface area (Å²) in [5.74, 6) is -0.548. The molecule has 1 aliphatic heterocycles. The standard InChI is InChI=1S/C22H25N3O4/c23-22(29)24-14-16-5-7-17(8-6-16)20(26)25-11-9-15(10-12-25)13-18-3-1-2-4-19(18)21(27)28/h1-8,15H,9-14H2,(H,27,28)(H3,23,24,29). The highest BCUT2D eigenvalue weighted by atomic mass is 16.4. The number of carbonyl (C=O) groups excluding carboxylic acids is 2. The summed E-state index contributed by atoms with van der Waals surface area (Å²) in [4.78, 5) is 36.7. The number of hydrogen-bond donors (Lipinski definition) is 3. The fourth-order valence-corrected chi connectivity index (χ4v) is 3.70. The molecule has 0 saturated carbocycles. The van der Waals surface area contributed by atoms with Gasteiger partial charge in [-0.25, -0.2) is 9.59 Å². The van der Waals surface area contributed by atoms with Crippen LogP contribution >= 0.6 is 0 Å². The van der Waals surface area contributed by atoms with Crippen molar-refractivity contribution in [2.75, 3.05) is 13.1 Å². The van der Waals surface area contributed by atoms with E-state index in [1.807, 2.05) is 17.0 Å². The van der Waals surface area contributed by atoms with Crippen molar-refractivity contribution < 1.29 is 19.5 Å². The van der Waals surface area contributed by atoms with Crippen LogP contribution in [0, 0.1) is 5.92 Å². The van der Waals surface area contributed by atoms with Crippen LogP contribution in [0.2, 0.25) is 0 Å². The van der Waals surface area contributed by atoms with E-state index in [1.165, 1.54) is 0 Å². The Morgan fingerprint density at radius 3 is 2.31 bits per heavy atom. The van der Waals surface area contributed by atoms with E-state index in [0.29, 0.717) is 43.1 Å². The number of carboxylic acids is 1. The summed E-state index contributed by atoms with van der Waals surface area (Å²) < 4.78 is 0. The predicted molar refractivity (Wildman–Crippen MR) is 109 cm³/mol. The minimum Gasteiger partial charge on any atom is -0.478 e. The minimum absolute atomic E-state index is 0.0104. The molecule has 7 nitrogen and oxygen atoms in total. The van der Waals surface area contributed by atoms with Crippen molar-refractivity contribution in [2.45, 2.75) is 25.8 Å². The third-order valence-corrected chi connectivity index (χ3v) is 5.33. The molecule has 4 N–H and O–H groups in total. The highest BCUT2D eigenvalue weighted by Gasteiger charge is 2.24. The molecule has 0 spiro atoms. The molecule has 0 aromatic heterocycles. The van der Waals surface area contributed by atoms with Gasteiger partial charge in [0.2, 0.25) is 0 Å². The number of amides is 3. The number of urea groups is 1. The maximum absolute atomic E-state index is 12.7. The number of likely N-dealkylation sites (tertiary alicyclic amines) is 1. The van der Waals surface area contributed by atoms with Gasteiger partial charge in [0.1, 0.15) is 0 Å². The van der Waals surface area contributed by atoms with Crippen molar-refractivity contribution in [1.82, 2.24) is 10.2 Å². The first kappa shape index (κ1) is 20.4. The summed E-state index contributed by atoms with van der Waals surface area (Å²) in [5, 5.41) is 11.9. The molecule has 1 aliphatic rings. The molecule has 2 aromatic rings. The number of nitrogens with one attached hydrogen (secondary N) is 1. The summed E-state index contributed by atoms with van der Waals surface area (Å²) in [6.07, 6.45) is 2.41. The zero-order chi connectivity index (χ0) is 20.8. The van der Waals surface area contributed by atoms with Gasteiger partial charge in [-0.05, 0) is 54.5 Å². The Balaban J connectivity index is 1.54. The van der Waals surface area contributed by atoms with Crippen LogP contribution in [-0.4, -0.2) is 41.0 Å². The lowest BCUT2D eigenvalue weighted by molar-refractivity contribution is 0.0690. The van der Waals surface area contributed by atoms with Gasteiger partial charge in [0.25, 0.3) is 5.91 Å². The number of nitrogens with two attached hydrogens (primary N) is 1. The van der Waals surface area contributed by atoms with Gasteiger partial charge in [0, 0.05) is 25.2 Å². The number of hydrogen-bond acceptors (Lipinski definition) is 3. The maximum atomic E-state index is 12.7. The SMILES string of the molecule is NC(=O)NCc1ccc(C(=O)N2CCC(Cc3ccccc3C(=O)O)CC2)cc1. The monoisotopic (exact) mass is 395 g/mol. The van der Waals surface area contributed by atoms with Crippen LogP contribution in [-0.2, 0) is 13.0 Å². The normalized spacial score (nSPS) is 14.4. The third-order valence-electron chi connectivity index (χ3n) is 5.33. The van der Waals surface area contributed by atoms with E-state index in [0.717, 1.165) is 24.0 Å². The molecule has 1 saturated heterocycles. The van der Waals surface area contributed by atoms with Crippen LogP contribution < -0.4 is 11.1 Å². The van der Waals surface area contributed by atoms with Gasteiger partial charge in [0.15, 0.2) is 0 Å². The van der Waals surface area contributed by atoms with Crippen LogP contribution in [0.15, 0.2) is 48.5 Å². The second-order valence-electron chi connectivity index (χ2n) is 7.32. The first-order valence-electron chi connectivity index (χ1n) is 9.66. The second kappa shape index (κ2) is 9.23. The summed E-state index contributed by atoms with van der Waals surface area (Å²) in [7, 11) is 0. The third kappa shape index (κ3) is 5.34. The van der Waals surface area contributed by atoms with E-state index in [9.17, 15) is 19.5 Å². The number of primary amides is 1. The molecule has 7 heteroatoms. The van der Waals surface area contributed by atoms with Gasteiger partial charge in [-0.2, -0.15) is 0 Å². The van der Waals surface area contributed by atoms with Crippen LogP contribution in [0.5, 0.6) is 0 Å². The number of benzene rings is 2. The minimum atomic E-state index is -0.900. The Morgan fingerprint density at radius 1 is 1.03 bits per heavy atom. The molecule has 0 radical (unpaired) electrons. The summed E-state index contributed by atoms with van der Waals surface area (Å²) in [6, 6.07) is 13.7. The van der Waals surface area contributed by atoms with Crippen molar-refractivity contribution >= 4 is 17.9 Å². The molecule has 0 aliphatic carbocycles. The highest BCUT2D eigenvalue weighted by Crippen LogP contribution is 2.24. The van der Waals surface area contributed by atoms with Gasteiger partial charge >= 0.3 is 12.0 Å². The Hall–Kier alpha value is -3.35. The molecule has 0 bridgehead atoms. The van der Waals surface area contributed by atoms with Crippen LogP contribution in [0.1, 0.15) is 44.7 Å². The number of aromatic carboxylic acids is 1. The largest absolute Gasteiger partial charge is 0.478 e. The number of carbonyl (C=O) groups is 3. The van der Waals surface area contributed by atoms with Gasteiger partial charge in [-0.3, -0.25) is 4.79 Å². The van der Waals surface area contributed by atoms with Crippen molar-refractivity contribution in [2.24, 2.45) is 11.7 Å². The second-order valence-corrected chi connectivity index (χ2v) is 7.32. The zero-order valence-electron chi connectivity index (χ0n) is 16.1.